The van der Waals surface area contributed by atoms with Crippen molar-refractivity contribution in [3.63, 3.8) is 0 Å². The minimum Gasteiger partial charge on any atom is -0.480 e. The molecule has 0 amide bonds. The zero-order valence-corrected chi connectivity index (χ0v) is 13.0. The summed E-state index contributed by atoms with van der Waals surface area (Å²) in [4.78, 5) is 21.2. The summed E-state index contributed by atoms with van der Waals surface area (Å²) in [5.74, 6) is -1.24. The molecule has 22 heavy (non-hydrogen) atoms. The van der Waals surface area contributed by atoms with Crippen LogP contribution in [0.2, 0.25) is 0 Å². The number of aryl methyl sites for hydroxylation is 1. The lowest BCUT2D eigenvalue weighted by Gasteiger charge is -2.22. The first-order valence-corrected chi connectivity index (χ1v) is 8.11. The summed E-state index contributed by atoms with van der Waals surface area (Å²) < 4.78 is 26.5. The van der Waals surface area contributed by atoms with E-state index in [-0.39, 0.29) is 18.5 Å². The monoisotopic (exact) mass is 328 g/mol. The van der Waals surface area contributed by atoms with Crippen LogP contribution in [0.3, 0.4) is 0 Å². The number of aliphatic carboxylic acids is 1. The molecule has 1 N–H and O–H groups in total. The van der Waals surface area contributed by atoms with Crippen molar-refractivity contribution in [2.45, 2.75) is 37.6 Å². The molecule has 1 atom stereocenters. The minimum atomic E-state index is -4.25. The van der Waals surface area contributed by atoms with E-state index in [2.05, 4.69) is 0 Å². The number of benzene rings is 1. The number of carboxylic acids is 1. The maximum absolute atomic E-state index is 12.8. The Hall–Kier alpha value is -2.00. The van der Waals surface area contributed by atoms with Crippen molar-refractivity contribution in [1.82, 2.24) is 4.31 Å². The first-order valence-electron chi connectivity index (χ1n) is 6.67. The molecule has 0 aliphatic carbocycles. The summed E-state index contributed by atoms with van der Waals surface area (Å²) in [6.07, 6.45) is 0.613. The predicted molar refractivity (Wildman–Crippen MR) is 77.1 cm³/mol. The van der Waals surface area contributed by atoms with Crippen molar-refractivity contribution in [2.24, 2.45) is 0 Å². The van der Waals surface area contributed by atoms with Gasteiger partial charge in [-0.25, -0.2) is 8.42 Å². The molecule has 1 aromatic rings. The Bertz CT molecular complexity index is 743. The van der Waals surface area contributed by atoms with E-state index in [0.29, 0.717) is 12.0 Å². The number of nitro groups is 1. The van der Waals surface area contributed by atoms with Gasteiger partial charge in [0.2, 0.25) is 0 Å². The Morgan fingerprint density at radius 3 is 2.59 bits per heavy atom. The van der Waals surface area contributed by atoms with Gasteiger partial charge in [-0.2, -0.15) is 4.31 Å². The predicted octanol–water partition coefficient (Wildman–Crippen LogP) is 1.45. The van der Waals surface area contributed by atoms with Crippen LogP contribution in [0.5, 0.6) is 0 Å². The molecule has 2 rings (SSSR count). The molecule has 0 radical (unpaired) electrons. The number of sulfonamides is 1. The van der Waals surface area contributed by atoms with Crippen LogP contribution >= 0.6 is 0 Å². The number of nitro benzene ring substituents is 1. The molecule has 1 saturated heterocycles. The summed E-state index contributed by atoms with van der Waals surface area (Å²) >= 11 is 0. The standard InChI is InChI=1S/C13H16N2O6S/c1-8-5-6-10(15(18)19)12(9(8)2)22(20,21)14-7-3-4-11(14)13(16)17/h5-6,11H,3-4,7H2,1-2H3,(H,16,17)/t11-/m0/s1. The normalized spacial score (nSPS) is 19.3. The van der Waals surface area contributed by atoms with Crippen LogP contribution in [-0.4, -0.2) is 41.3 Å². The zero-order chi connectivity index (χ0) is 16.7. The highest BCUT2D eigenvalue weighted by Crippen LogP contribution is 2.34. The number of rotatable bonds is 4. The molecule has 120 valence electrons. The van der Waals surface area contributed by atoms with Crippen molar-refractivity contribution in [1.29, 1.82) is 0 Å². The quantitative estimate of drug-likeness (QED) is 0.660. The van der Waals surface area contributed by atoms with E-state index in [1.54, 1.807) is 6.92 Å². The fourth-order valence-corrected chi connectivity index (χ4v) is 4.73. The molecule has 1 heterocycles. The second-order valence-corrected chi connectivity index (χ2v) is 7.05. The average molecular weight is 328 g/mol. The van der Waals surface area contributed by atoms with Crippen molar-refractivity contribution in [3.05, 3.63) is 33.4 Å². The van der Waals surface area contributed by atoms with Gasteiger partial charge in [-0.15, -0.1) is 0 Å². The summed E-state index contributed by atoms with van der Waals surface area (Å²) in [6, 6.07) is 1.44. The summed E-state index contributed by atoms with van der Waals surface area (Å²) in [5, 5.41) is 20.3. The second-order valence-electron chi connectivity index (χ2n) is 5.22. The average Bonchev–Trinajstić information content (AvgIpc) is 2.91. The third-order valence-electron chi connectivity index (χ3n) is 3.91. The van der Waals surface area contributed by atoms with E-state index in [0.717, 1.165) is 10.4 Å². The molecular weight excluding hydrogens is 312 g/mol. The molecule has 1 aliphatic heterocycles. The van der Waals surface area contributed by atoms with Crippen molar-refractivity contribution in [2.75, 3.05) is 6.54 Å². The van der Waals surface area contributed by atoms with Gasteiger partial charge in [0.05, 0.1) is 4.92 Å². The Balaban J connectivity index is 2.66. The molecule has 9 heteroatoms. The fourth-order valence-electron chi connectivity index (χ4n) is 2.64. The molecule has 0 saturated carbocycles. The fraction of sp³-hybridized carbons (Fsp3) is 0.462. The van der Waals surface area contributed by atoms with Gasteiger partial charge in [-0.05, 0) is 37.8 Å². The van der Waals surface area contributed by atoms with Crippen LogP contribution in [-0.2, 0) is 14.8 Å². The lowest BCUT2D eigenvalue weighted by Crippen LogP contribution is -2.40. The lowest BCUT2D eigenvalue weighted by atomic mass is 10.1. The highest BCUT2D eigenvalue weighted by molar-refractivity contribution is 7.89. The third kappa shape index (κ3) is 2.57. The second kappa shape index (κ2) is 5.65. The summed E-state index contributed by atoms with van der Waals surface area (Å²) in [5.41, 5.74) is 0.333. The van der Waals surface area contributed by atoms with E-state index >= 15 is 0 Å². The largest absolute Gasteiger partial charge is 0.480 e. The van der Waals surface area contributed by atoms with Crippen LogP contribution in [0.25, 0.3) is 0 Å². The zero-order valence-electron chi connectivity index (χ0n) is 12.1. The van der Waals surface area contributed by atoms with E-state index in [1.165, 1.54) is 13.0 Å². The van der Waals surface area contributed by atoms with E-state index in [1.807, 2.05) is 0 Å². The molecule has 1 aromatic carbocycles. The van der Waals surface area contributed by atoms with Crippen molar-refractivity contribution < 1.29 is 23.2 Å². The molecule has 0 aromatic heterocycles. The molecule has 0 spiro atoms. The number of nitrogens with zero attached hydrogens (tertiary/aromatic N) is 2. The first-order chi connectivity index (χ1) is 10.2. The van der Waals surface area contributed by atoms with Gasteiger partial charge in [0.25, 0.3) is 15.7 Å². The van der Waals surface area contributed by atoms with Crippen LogP contribution in [0, 0.1) is 24.0 Å². The number of carbonyl (C=O) groups is 1. The van der Waals surface area contributed by atoms with Gasteiger partial charge < -0.3 is 5.11 Å². The first kappa shape index (κ1) is 16.4. The number of hydrogen-bond acceptors (Lipinski definition) is 5. The molecule has 1 fully saturated rings. The minimum absolute atomic E-state index is 0.0455. The Kier molecular flexibility index (Phi) is 4.21. The Labute approximate surface area is 127 Å². The Morgan fingerprint density at radius 2 is 2.05 bits per heavy atom. The molecular formula is C13H16N2O6S. The van der Waals surface area contributed by atoms with Gasteiger partial charge in [0.1, 0.15) is 6.04 Å². The molecule has 8 nitrogen and oxygen atoms in total. The van der Waals surface area contributed by atoms with Crippen LogP contribution in [0.1, 0.15) is 24.0 Å². The third-order valence-corrected chi connectivity index (χ3v) is 5.99. The number of hydrogen-bond donors (Lipinski definition) is 1. The highest BCUT2D eigenvalue weighted by Gasteiger charge is 2.43. The maximum atomic E-state index is 12.8. The highest BCUT2D eigenvalue weighted by atomic mass is 32.2. The Morgan fingerprint density at radius 1 is 1.41 bits per heavy atom. The van der Waals surface area contributed by atoms with Crippen LogP contribution in [0.15, 0.2) is 17.0 Å². The summed E-state index contributed by atoms with van der Waals surface area (Å²) in [6.45, 7) is 3.18. The van der Waals surface area contributed by atoms with Crippen LogP contribution in [0.4, 0.5) is 5.69 Å². The van der Waals surface area contributed by atoms with Crippen LogP contribution < -0.4 is 0 Å². The van der Waals surface area contributed by atoms with Gasteiger partial charge in [-0.1, -0.05) is 6.07 Å². The number of carboxylic acid groups (broad SMARTS) is 1. The SMILES string of the molecule is Cc1ccc([N+](=O)[O-])c(S(=O)(=O)N2CCC[C@H]2C(=O)O)c1C. The van der Waals surface area contributed by atoms with Crippen molar-refractivity contribution >= 4 is 21.7 Å². The topological polar surface area (TPSA) is 118 Å². The molecule has 1 aliphatic rings. The smallest absolute Gasteiger partial charge is 0.322 e. The van der Waals surface area contributed by atoms with Crippen molar-refractivity contribution in [3.8, 4) is 0 Å². The maximum Gasteiger partial charge on any atom is 0.322 e. The van der Waals surface area contributed by atoms with Gasteiger partial charge in [0.15, 0.2) is 4.90 Å². The summed E-state index contributed by atoms with van der Waals surface area (Å²) in [7, 11) is -4.25. The van der Waals surface area contributed by atoms with E-state index < -0.39 is 37.5 Å². The molecule has 0 bridgehead atoms. The lowest BCUT2D eigenvalue weighted by molar-refractivity contribution is -0.388. The van der Waals surface area contributed by atoms with E-state index in [9.17, 15) is 23.3 Å². The molecule has 0 unspecified atom stereocenters. The van der Waals surface area contributed by atoms with Gasteiger partial charge in [0, 0.05) is 12.6 Å². The van der Waals surface area contributed by atoms with E-state index in [4.69, 9.17) is 5.11 Å². The van der Waals surface area contributed by atoms with Gasteiger partial charge in [-0.3, -0.25) is 14.9 Å². The van der Waals surface area contributed by atoms with Gasteiger partial charge >= 0.3 is 5.97 Å².